The van der Waals surface area contributed by atoms with Crippen molar-refractivity contribution in [2.75, 3.05) is 24.5 Å². The molecule has 1 aliphatic heterocycles. The molecule has 1 saturated heterocycles. The number of hydrogen-bond acceptors (Lipinski definition) is 9. The average molecular weight is 659 g/mol. The predicted molar refractivity (Wildman–Crippen MR) is 153 cm³/mol. The van der Waals surface area contributed by atoms with Crippen molar-refractivity contribution in [3.63, 3.8) is 0 Å². The van der Waals surface area contributed by atoms with Gasteiger partial charge in [-0.2, -0.15) is 22.5 Å². The Morgan fingerprint density at radius 1 is 1.05 bits per heavy atom. The van der Waals surface area contributed by atoms with Gasteiger partial charge >= 0.3 is 12.1 Å². The van der Waals surface area contributed by atoms with Gasteiger partial charge in [0.25, 0.3) is 5.92 Å². The highest BCUT2D eigenvalue weighted by atomic mass is 32.2. The predicted octanol–water partition coefficient (Wildman–Crippen LogP) is 4.72. The lowest BCUT2D eigenvalue weighted by Gasteiger charge is -2.38. The van der Waals surface area contributed by atoms with Crippen LogP contribution in [-0.2, 0) is 33.5 Å². The number of benzene rings is 2. The van der Waals surface area contributed by atoms with Gasteiger partial charge < -0.3 is 15.7 Å². The third-order valence-electron chi connectivity index (χ3n) is 6.79. The van der Waals surface area contributed by atoms with Gasteiger partial charge in [-0.3, -0.25) is 4.79 Å². The monoisotopic (exact) mass is 658 g/mol. The zero-order valence-corrected chi connectivity index (χ0v) is 24.7. The van der Waals surface area contributed by atoms with Gasteiger partial charge in [-0.15, -0.1) is 0 Å². The number of carboxylic acids is 1. The Morgan fingerprint density at radius 3 is 2.23 bits per heavy atom. The van der Waals surface area contributed by atoms with E-state index in [1.54, 1.807) is 23.2 Å². The molecule has 0 aliphatic carbocycles. The highest BCUT2D eigenvalue weighted by molar-refractivity contribution is 7.89. The van der Waals surface area contributed by atoms with Crippen molar-refractivity contribution < 1.29 is 40.3 Å². The Hall–Kier alpha value is -3.80. The third kappa shape index (κ3) is 7.28. The van der Waals surface area contributed by atoms with Gasteiger partial charge in [0.2, 0.25) is 10.0 Å². The lowest BCUT2D eigenvalue weighted by Crippen LogP contribution is -2.58. The molecule has 1 aliphatic rings. The lowest BCUT2D eigenvalue weighted by atomic mass is 10.0. The fraction of sp³-hybridized carbons (Fsp3) is 0.333. The number of carbonyl (C=O) groups is 1. The molecule has 1 fully saturated rings. The van der Waals surface area contributed by atoms with Crippen molar-refractivity contribution in [1.29, 1.82) is 0 Å². The van der Waals surface area contributed by atoms with Crippen LogP contribution in [0.2, 0.25) is 0 Å². The first-order chi connectivity index (χ1) is 20.7. The summed E-state index contributed by atoms with van der Waals surface area (Å²) >= 11 is 1.25. The summed E-state index contributed by atoms with van der Waals surface area (Å²) in [6.45, 7) is 1.65. The van der Waals surface area contributed by atoms with E-state index in [1.165, 1.54) is 36.7 Å². The molecule has 4 aromatic rings. The molecular formula is C27H27F5N6O4S2. The lowest BCUT2D eigenvalue weighted by molar-refractivity contribution is -0.141. The van der Waals surface area contributed by atoms with Crippen LogP contribution in [0.4, 0.5) is 27.1 Å². The van der Waals surface area contributed by atoms with Gasteiger partial charge in [0.05, 0.1) is 15.2 Å². The Balaban J connectivity index is 0.000000285. The van der Waals surface area contributed by atoms with E-state index in [9.17, 15) is 40.3 Å². The van der Waals surface area contributed by atoms with Crippen molar-refractivity contribution in [1.82, 2.24) is 19.3 Å². The Bertz CT molecular complexity index is 1670. The smallest absolute Gasteiger partial charge is 0.416 e. The van der Waals surface area contributed by atoms with Crippen LogP contribution in [0.3, 0.4) is 0 Å². The SMILES string of the molecule is CCC(F)(F)c1ccc(CN)cc1.O=C(O)[C@H]1CN(c2nc3ncncc3s2)CCN1S(=O)(=O)c1ccc(C(F)(F)F)cc1. The first-order valence-corrected chi connectivity index (χ1v) is 15.3. The Labute approximate surface area is 253 Å². The van der Waals surface area contributed by atoms with Crippen LogP contribution in [0, 0.1) is 0 Å². The van der Waals surface area contributed by atoms with Crippen molar-refractivity contribution in [3.05, 3.63) is 77.7 Å². The summed E-state index contributed by atoms with van der Waals surface area (Å²) in [5, 5.41) is 10.1. The summed E-state index contributed by atoms with van der Waals surface area (Å²) in [4.78, 5) is 25.4. The summed E-state index contributed by atoms with van der Waals surface area (Å²) in [6.07, 6.45) is -1.88. The van der Waals surface area contributed by atoms with Gasteiger partial charge in [0, 0.05) is 44.4 Å². The molecule has 0 saturated carbocycles. The van der Waals surface area contributed by atoms with Gasteiger partial charge in [-0.05, 0) is 29.8 Å². The van der Waals surface area contributed by atoms with E-state index in [0.717, 1.165) is 22.0 Å². The summed E-state index contributed by atoms with van der Waals surface area (Å²) in [5.74, 6) is -4.09. The molecule has 0 unspecified atom stereocenters. The van der Waals surface area contributed by atoms with Crippen molar-refractivity contribution in [3.8, 4) is 0 Å². The number of sulfonamides is 1. The van der Waals surface area contributed by atoms with Crippen LogP contribution in [0.25, 0.3) is 10.3 Å². The molecule has 3 heterocycles. The molecule has 0 spiro atoms. The summed E-state index contributed by atoms with van der Waals surface area (Å²) in [5.41, 5.74) is 5.74. The van der Waals surface area contributed by atoms with Crippen molar-refractivity contribution in [2.24, 2.45) is 5.73 Å². The molecule has 2 aromatic heterocycles. The minimum atomic E-state index is -4.61. The number of fused-ring (bicyclic) bond motifs is 1. The second-order valence-electron chi connectivity index (χ2n) is 9.60. The molecule has 2 aromatic carbocycles. The number of aliphatic carboxylic acids is 1. The number of hydrogen-bond donors (Lipinski definition) is 2. The topological polar surface area (TPSA) is 143 Å². The van der Waals surface area contributed by atoms with E-state index in [1.807, 2.05) is 0 Å². The Kier molecular flexibility index (Phi) is 9.82. The quantitative estimate of drug-likeness (QED) is 0.270. The number of thiazole rings is 1. The second-order valence-corrected chi connectivity index (χ2v) is 12.5. The first-order valence-electron chi connectivity index (χ1n) is 13.1. The maximum atomic E-state index is 13.1. The van der Waals surface area contributed by atoms with E-state index in [0.29, 0.717) is 34.2 Å². The maximum Gasteiger partial charge on any atom is 0.416 e. The molecule has 1 atom stereocenters. The van der Waals surface area contributed by atoms with Crippen LogP contribution < -0.4 is 10.6 Å². The van der Waals surface area contributed by atoms with Crippen LogP contribution in [0.1, 0.15) is 30.0 Å². The fourth-order valence-corrected chi connectivity index (χ4v) is 6.77. The number of piperazine rings is 1. The van der Waals surface area contributed by atoms with E-state index < -0.39 is 44.6 Å². The fourth-order valence-electron chi connectivity index (χ4n) is 4.28. The van der Waals surface area contributed by atoms with Gasteiger partial charge in [-0.25, -0.2) is 27.2 Å². The Morgan fingerprint density at radius 2 is 1.68 bits per heavy atom. The summed E-state index contributed by atoms with van der Waals surface area (Å²) in [7, 11) is -4.33. The average Bonchev–Trinajstić information content (AvgIpc) is 3.45. The molecule has 10 nitrogen and oxygen atoms in total. The zero-order valence-electron chi connectivity index (χ0n) is 23.1. The molecule has 44 heavy (non-hydrogen) atoms. The van der Waals surface area contributed by atoms with Crippen molar-refractivity contribution >= 4 is 42.8 Å². The number of nitrogens with zero attached hydrogens (tertiary/aromatic N) is 5. The van der Waals surface area contributed by atoms with Crippen molar-refractivity contribution in [2.45, 2.75) is 42.9 Å². The summed E-state index contributed by atoms with van der Waals surface area (Å²) in [6, 6.07) is 7.67. The normalized spacial score (nSPS) is 16.4. The maximum absolute atomic E-state index is 13.1. The van der Waals surface area contributed by atoms with Crippen LogP contribution in [0.5, 0.6) is 0 Å². The summed E-state index contributed by atoms with van der Waals surface area (Å²) < 4.78 is 91.9. The van der Waals surface area contributed by atoms with E-state index in [2.05, 4.69) is 15.0 Å². The van der Waals surface area contributed by atoms with Gasteiger partial charge in [0.1, 0.15) is 12.4 Å². The molecule has 236 valence electrons. The zero-order chi connectivity index (χ0) is 32.3. The number of aromatic nitrogens is 3. The molecule has 0 bridgehead atoms. The highest BCUT2D eigenvalue weighted by Gasteiger charge is 2.41. The standard InChI is InChI=1S/C17H14F3N5O4S2.C10H13F2N/c18-17(19,20)10-1-3-11(4-2-10)31(28,29)25-6-5-24(8-12(25)15(26)27)16-23-14-13(30-16)7-21-9-22-14;1-2-10(11,12)9-5-3-8(7-13)4-6-9/h1-4,7,9,12H,5-6,8H2,(H,26,27);3-6H,2,7,13H2,1H3/t12-;/m1./s1. The van der Waals surface area contributed by atoms with Crippen LogP contribution in [-0.4, -0.2) is 64.4 Å². The molecule has 3 N–H and O–H groups in total. The van der Waals surface area contributed by atoms with Gasteiger partial charge in [0.15, 0.2) is 10.8 Å². The van der Waals surface area contributed by atoms with Crippen LogP contribution >= 0.6 is 11.3 Å². The van der Waals surface area contributed by atoms with Gasteiger partial charge in [-0.1, -0.05) is 42.5 Å². The minimum absolute atomic E-state index is 0.0622. The molecular weight excluding hydrogens is 631 g/mol. The number of rotatable bonds is 7. The number of carboxylic acid groups (broad SMARTS) is 1. The largest absolute Gasteiger partial charge is 0.480 e. The first kappa shape index (κ1) is 33.1. The third-order valence-corrected chi connectivity index (χ3v) is 9.76. The minimum Gasteiger partial charge on any atom is -0.480 e. The van der Waals surface area contributed by atoms with E-state index in [-0.39, 0.29) is 31.6 Å². The van der Waals surface area contributed by atoms with E-state index in [4.69, 9.17) is 5.73 Å². The molecule has 0 amide bonds. The number of halogens is 5. The number of alkyl halides is 5. The molecule has 5 rings (SSSR count). The van der Waals surface area contributed by atoms with E-state index >= 15 is 0 Å². The van der Waals surface area contributed by atoms with Crippen LogP contribution in [0.15, 0.2) is 66.0 Å². The number of anilines is 1. The number of nitrogens with two attached hydrogens (primary N) is 1. The second kappa shape index (κ2) is 13.1. The molecule has 0 radical (unpaired) electrons. The highest BCUT2D eigenvalue weighted by Crippen LogP contribution is 2.33. The molecule has 17 heteroatoms.